The zero-order valence-electron chi connectivity index (χ0n) is 15.6. The van der Waals surface area contributed by atoms with E-state index in [0.717, 1.165) is 28.3 Å². The third-order valence-corrected chi connectivity index (χ3v) is 5.72. The maximum Gasteiger partial charge on any atom is 0.433 e. The van der Waals surface area contributed by atoms with Crippen molar-refractivity contribution < 1.29 is 23.7 Å². The van der Waals surface area contributed by atoms with Gasteiger partial charge >= 0.3 is 11.9 Å². The number of fused-ring (bicyclic) bond motifs is 1. The number of carbonyl (C=O) groups excluding carboxylic acids is 2. The maximum absolute atomic E-state index is 13.1. The predicted molar refractivity (Wildman–Crippen MR) is 109 cm³/mol. The summed E-state index contributed by atoms with van der Waals surface area (Å²) in [5, 5.41) is 10.7. The fourth-order valence-electron chi connectivity index (χ4n) is 3.22. The predicted octanol–water partition coefficient (Wildman–Crippen LogP) is 4.22. The second kappa shape index (κ2) is 8.42. The number of ether oxygens (including phenoxy) is 1. The van der Waals surface area contributed by atoms with Crippen molar-refractivity contribution >= 4 is 35.2 Å². The summed E-state index contributed by atoms with van der Waals surface area (Å²) in [7, 11) is 0. The van der Waals surface area contributed by atoms with Gasteiger partial charge in [0.25, 0.3) is 5.91 Å². The van der Waals surface area contributed by atoms with E-state index in [1.165, 1.54) is 0 Å². The minimum Gasteiger partial charge on any atom is -0.450 e. The van der Waals surface area contributed by atoms with Crippen LogP contribution in [0.25, 0.3) is 0 Å². The zero-order valence-corrected chi connectivity index (χ0v) is 16.4. The minimum absolute atomic E-state index is 0.220. The summed E-state index contributed by atoms with van der Waals surface area (Å²) >= 11 is 1.66. The number of carbonyl (C=O) groups is 2. The van der Waals surface area contributed by atoms with Gasteiger partial charge in [0.2, 0.25) is 5.76 Å². The number of hydrogen-bond donors (Lipinski definition) is 0. The molecular formula is C21H16N2O6S. The van der Waals surface area contributed by atoms with Gasteiger partial charge in [0.1, 0.15) is 4.92 Å². The molecule has 1 aliphatic heterocycles. The van der Waals surface area contributed by atoms with E-state index in [-0.39, 0.29) is 11.8 Å². The molecule has 152 valence electrons. The highest BCUT2D eigenvalue weighted by Gasteiger charge is 2.33. The summed E-state index contributed by atoms with van der Waals surface area (Å²) in [6, 6.07) is 19.2. The average molecular weight is 424 g/mol. The molecule has 0 bridgehead atoms. The fourth-order valence-corrected chi connectivity index (χ4v) is 4.39. The van der Waals surface area contributed by atoms with Crippen molar-refractivity contribution in [2.75, 3.05) is 17.3 Å². The first-order valence-corrected chi connectivity index (χ1v) is 10.0. The highest BCUT2D eigenvalue weighted by atomic mass is 32.2. The molecule has 8 nitrogen and oxygen atoms in total. The van der Waals surface area contributed by atoms with Gasteiger partial charge in [-0.3, -0.25) is 19.8 Å². The molecule has 1 aliphatic rings. The molecule has 9 heteroatoms. The molecular weight excluding hydrogens is 408 g/mol. The number of benzene rings is 2. The van der Waals surface area contributed by atoms with Gasteiger partial charge in [-0.1, -0.05) is 42.5 Å². The average Bonchev–Trinajstić information content (AvgIpc) is 3.28. The van der Waals surface area contributed by atoms with Crippen molar-refractivity contribution in [3.8, 4) is 0 Å². The smallest absolute Gasteiger partial charge is 0.433 e. The van der Waals surface area contributed by atoms with Gasteiger partial charge in [0, 0.05) is 10.6 Å². The zero-order chi connectivity index (χ0) is 21.1. The molecule has 1 atom stereocenters. The van der Waals surface area contributed by atoms with Gasteiger partial charge in [-0.15, -0.1) is 11.8 Å². The number of amides is 1. The maximum atomic E-state index is 13.1. The van der Waals surface area contributed by atoms with Crippen molar-refractivity contribution in [2.45, 2.75) is 10.9 Å². The molecule has 0 saturated carbocycles. The summed E-state index contributed by atoms with van der Waals surface area (Å²) in [4.78, 5) is 37.8. The summed E-state index contributed by atoms with van der Waals surface area (Å²) < 4.78 is 9.91. The summed E-state index contributed by atoms with van der Waals surface area (Å²) in [5.74, 6) is -1.58. The second-order valence-electron chi connectivity index (χ2n) is 6.44. The van der Waals surface area contributed by atoms with Gasteiger partial charge in [-0.25, -0.2) is 4.79 Å². The van der Waals surface area contributed by atoms with E-state index in [4.69, 9.17) is 9.15 Å². The van der Waals surface area contributed by atoms with Crippen LogP contribution in [-0.2, 0) is 9.53 Å². The minimum atomic E-state index is -0.938. The molecule has 1 amide bonds. The Balaban J connectivity index is 1.55. The molecule has 0 spiro atoms. The third-order valence-electron chi connectivity index (χ3n) is 4.59. The van der Waals surface area contributed by atoms with Crippen LogP contribution >= 0.6 is 11.8 Å². The van der Waals surface area contributed by atoms with Crippen LogP contribution in [0.1, 0.15) is 22.2 Å². The fraction of sp³-hybridized carbons (Fsp3) is 0.143. The first-order chi connectivity index (χ1) is 14.5. The van der Waals surface area contributed by atoms with Gasteiger partial charge in [0.05, 0.1) is 17.8 Å². The Labute approximate surface area is 175 Å². The number of thioether (sulfide) groups is 1. The topological polar surface area (TPSA) is 103 Å². The Hall–Kier alpha value is -3.59. The third kappa shape index (κ3) is 3.92. The lowest BCUT2D eigenvalue weighted by molar-refractivity contribution is -0.402. The molecule has 3 aromatic rings. The van der Waals surface area contributed by atoms with Crippen LogP contribution in [0.5, 0.6) is 0 Å². The Morgan fingerprint density at radius 3 is 2.57 bits per heavy atom. The first kappa shape index (κ1) is 19.7. The van der Waals surface area contributed by atoms with E-state index >= 15 is 0 Å². The largest absolute Gasteiger partial charge is 0.450 e. The molecule has 4 rings (SSSR count). The Morgan fingerprint density at radius 1 is 1.10 bits per heavy atom. The quantitative estimate of drug-likeness (QED) is 0.343. The molecule has 0 saturated heterocycles. The van der Waals surface area contributed by atoms with Crippen LogP contribution in [0.15, 0.2) is 76.0 Å². The monoisotopic (exact) mass is 424 g/mol. The van der Waals surface area contributed by atoms with Crippen LogP contribution in [0.2, 0.25) is 0 Å². The molecule has 0 radical (unpaired) electrons. The van der Waals surface area contributed by atoms with Gasteiger partial charge in [0.15, 0.2) is 6.61 Å². The Bertz CT molecular complexity index is 1100. The SMILES string of the molecule is O=C(OCC(=O)N1c2ccccc2SCC1c1ccccc1)c1ccc([N+](=O)[O-])o1. The molecule has 30 heavy (non-hydrogen) atoms. The second-order valence-corrected chi connectivity index (χ2v) is 7.50. The van der Waals surface area contributed by atoms with Crippen LogP contribution in [-0.4, -0.2) is 29.2 Å². The van der Waals surface area contributed by atoms with Crippen molar-refractivity contribution in [3.63, 3.8) is 0 Å². The normalized spacial score (nSPS) is 15.3. The van der Waals surface area contributed by atoms with Crippen LogP contribution < -0.4 is 4.90 Å². The lowest BCUT2D eigenvalue weighted by Gasteiger charge is -2.37. The summed E-state index contributed by atoms with van der Waals surface area (Å²) in [6.07, 6.45) is 0. The number of nitro groups is 1. The number of anilines is 1. The standard InChI is InChI=1S/C21H16N2O6S/c24-19(12-28-21(25)17-10-11-20(29-17)23(26)27)22-15-8-4-5-9-18(15)30-13-16(22)14-6-2-1-3-7-14/h1-11,16H,12-13H2. The summed E-state index contributed by atoms with van der Waals surface area (Å²) in [5.41, 5.74) is 1.72. The number of esters is 1. The van der Waals surface area contributed by atoms with Crippen molar-refractivity contribution in [3.05, 3.63) is 88.2 Å². The Kier molecular flexibility index (Phi) is 5.53. The Morgan fingerprint density at radius 2 is 1.83 bits per heavy atom. The molecule has 1 aromatic heterocycles. The number of para-hydroxylation sites is 1. The number of hydrogen-bond acceptors (Lipinski definition) is 7. The summed E-state index contributed by atoms with van der Waals surface area (Å²) in [6.45, 7) is -0.518. The van der Waals surface area contributed by atoms with Crippen LogP contribution in [0.3, 0.4) is 0 Å². The van der Waals surface area contributed by atoms with E-state index in [1.54, 1.807) is 16.7 Å². The molecule has 2 heterocycles. The van der Waals surface area contributed by atoms with Gasteiger partial charge < -0.3 is 9.15 Å². The van der Waals surface area contributed by atoms with Gasteiger partial charge in [-0.05, 0) is 23.8 Å². The van der Waals surface area contributed by atoms with Crippen molar-refractivity contribution in [1.29, 1.82) is 0 Å². The molecule has 2 aromatic carbocycles. The number of nitrogens with zero attached hydrogens (tertiary/aromatic N) is 2. The molecule has 0 aliphatic carbocycles. The lowest BCUT2D eigenvalue weighted by atomic mass is 10.1. The van der Waals surface area contributed by atoms with Crippen molar-refractivity contribution in [1.82, 2.24) is 0 Å². The van der Waals surface area contributed by atoms with E-state index in [1.807, 2.05) is 54.6 Å². The van der Waals surface area contributed by atoms with Gasteiger partial charge in [-0.2, -0.15) is 0 Å². The molecule has 0 fully saturated rings. The molecule has 1 unspecified atom stereocenters. The highest BCUT2D eigenvalue weighted by Crippen LogP contribution is 2.43. The lowest BCUT2D eigenvalue weighted by Crippen LogP contribution is -2.41. The van der Waals surface area contributed by atoms with Crippen molar-refractivity contribution in [2.24, 2.45) is 0 Å². The number of rotatable bonds is 5. The highest BCUT2D eigenvalue weighted by molar-refractivity contribution is 7.99. The van der Waals surface area contributed by atoms with Crippen LogP contribution in [0.4, 0.5) is 11.6 Å². The van der Waals surface area contributed by atoms with Crippen LogP contribution in [0, 0.1) is 10.1 Å². The van der Waals surface area contributed by atoms with E-state index in [2.05, 4.69) is 0 Å². The number of furan rings is 1. The molecule has 0 N–H and O–H groups in total. The van der Waals surface area contributed by atoms with E-state index in [0.29, 0.717) is 5.75 Å². The first-order valence-electron chi connectivity index (χ1n) is 9.05. The van der Waals surface area contributed by atoms with E-state index in [9.17, 15) is 19.7 Å². The van der Waals surface area contributed by atoms with E-state index < -0.39 is 29.3 Å².